The molecular weight excluding hydrogens is 448 g/mol. The number of carbonyl (C=O) groups is 2. The molecular formula is C26H19F4N2O2+. The first-order chi connectivity index (χ1) is 16.1. The van der Waals surface area contributed by atoms with Gasteiger partial charge in [0.1, 0.15) is 17.2 Å². The molecule has 0 saturated heterocycles. The summed E-state index contributed by atoms with van der Waals surface area (Å²) in [5.41, 5.74) is -1.94. The maximum Gasteiger partial charge on any atom is 0.506 e. The molecule has 0 spiro atoms. The lowest BCUT2D eigenvalue weighted by Gasteiger charge is -2.29. The zero-order valence-electron chi connectivity index (χ0n) is 18.2. The van der Waals surface area contributed by atoms with Gasteiger partial charge in [0.05, 0.1) is 6.04 Å². The summed E-state index contributed by atoms with van der Waals surface area (Å²) in [5, 5.41) is 0. The lowest BCUT2D eigenvalue weighted by molar-refractivity contribution is -0.463. The second-order valence-electron chi connectivity index (χ2n) is 8.03. The van der Waals surface area contributed by atoms with Gasteiger partial charge >= 0.3 is 18.1 Å². The summed E-state index contributed by atoms with van der Waals surface area (Å²) in [5.74, 6) is 1.88. The number of nitrogens with zero attached hydrogens (tertiary/aromatic N) is 2. The molecule has 4 nitrogen and oxygen atoms in total. The molecule has 0 bridgehead atoms. The molecule has 34 heavy (non-hydrogen) atoms. The molecule has 1 atom stereocenters. The fraction of sp³-hybridized carbons (Fsp3) is 0.192. The van der Waals surface area contributed by atoms with Gasteiger partial charge in [-0.1, -0.05) is 48.3 Å². The van der Waals surface area contributed by atoms with Gasteiger partial charge in [0, 0.05) is 11.1 Å². The van der Waals surface area contributed by atoms with Crippen molar-refractivity contribution in [3.63, 3.8) is 0 Å². The molecule has 0 aromatic heterocycles. The zero-order valence-corrected chi connectivity index (χ0v) is 18.2. The smallest absolute Gasteiger partial charge is 0.245 e. The number of hydrogen-bond acceptors (Lipinski definition) is 2. The highest BCUT2D eigenvalue weighted by Gasteiger charge is 2.52. The van der Waals surface area contributed by atoms with Gasteiger partial charge in [0.2, 0.25) is 0 Å². The van der Waals surface area contributed by atoms with Crippen LogP contribution in [0.5, 0.6) is 0 Å². The number of amides is 3. The molecule has 1 aliphatic heterocycles. The van der Waals surface area contributed by atoms with Crippen molar-refractivity contribution in [2.75, 3.05) is 4.90 Å². The Balaban J connectivity index is 1.89. The number of imide groups is 1. The number of anilines is 1. The Kier molecular flexibility index (Phi) is 5.96. The van der Waals surface area contributed by atoms with Crippen molar-refractivity contribution in [2.24, 2.45) is 5.92 Å². The summed E-state index contributed by atoms with van der Waals surface area (Å²) in [4.78, 5) is 26.7. The van der Waals surface area contributed by atoms with Crippen LogP contribution in [0.4, 0.5) is 28.0 Å². The van der Waals surface area contributed by atoms with E-state index in [2.05, 4.69) is 11.8 Å². The third kappa shape index (κ3) is 4.17. The van der Waals surface area contributed by atoms with Gasteiger partial charge in [0.15, 0.2) is 11.5 Å². The number of hydrogen-bond donors (Lipinski definition) is 0. The first kappa shape index (κ1) is 23.2. The van der Waals surface area contributed by atoms with Crippen LogP contribution in [0.2, 0.25) is 0 Å². The van der Waals surface area contributed by atoms with Gasteiger partial charge in [0.25, 0.3) is 0 Å². The van der Waals surface area contributed by atoms with Gasteiger partial charge in [-0.2, -0.15) is 22.5 Å². The molecule has 0 radical (unpaired) electrons. The van der Waals surface area contributed by atoms with Crippen LogP contribution >= 0.6 is 0 Å². The van der Waals surface area contributed by atoms with E-state index in [1.54, 1.807) is 62.4 Å². The van der Waals surface area contributed by atoms with Gasteiger partial charge in [-0.25, -0.2) is 9.18 Å². The number of benzene rings is 2. The third-order valence-corrected chi connectivity index (χ3v) is 5.40. The van der Waals surface area contributed by atoms with E-state index >= 15 is 4.39 Å². The molecule has 2 aliphatic rings. The number of carbonyl (C=O) groups excluding carboxylic acids is 2. The number of rotatable bonds is 2. The van der Waals surface area contributed by atoms with E-state index in [9.17, 15) is 22.8 Å². The second kappa shape index (κ2) is 8.75. The Bertz CT molecular complexity index is 1330. The summed E-state index contributed by atoms with van der Waals surface area (Å²) in [7, 11) is 0. The molecule has 1 aliphatic carbocycles. The van der Waals surface area contributed by atoms with Crippen LogP contribution in [0.1, 0.15) is 30.5 Å². The topological polar surface area (TPSA) is 40.4 Å². The van der Waals surface area contributed by atoms with Crippen LogP contribution in [0.15, 0.2) is 66.8 Å². The highest BCUT2D eigenvalue weighted by Crippen LogP contribution is 2.41. The number of alkyl halides is 3. The Morgan fingerprint density at radius 2 is 1.68 bits per heavy atom. The summed E-state index contributed by atoms with van der Waals surface area (Å²) >= 11 is 0. The van der Waals surface area contributed by atoms with Gasteiger partial charge in [-0.3, -0.25) is 0 Å². The van der Waals surface area contributed by atoms with E-state index in [0.717, 1.165) is 6.07 Å². The van der Waals surface area contributed by atoms with Crippen molar-refractivity contribution >= 4 is 23.3 Å². The Morgan fingerprint density at radius 1 is 1.00 bits per heavy atom. The first-order valence-corrected chi connectivity index (χ1v) is 10.5. The molecule has 1 heterocycles. The number of urea groups is 1. The SMILES string of the molecule is CC(C)[N+]1=C2C=CC=CC2C(=O)N(c2c(F)cc(C#Cc3ccccc3)cc2C(F)(F)F)C1=O. The minimum atomic E-state index is -5.05. The normalized spacial score (nSPS) is 17.7. The van der Waals surface area contributed by atoms with Crippen molar-refractivity contribution in [3.05, 3.63) is 89.3 Å². The lowest BCUT2D eigenvalue weighted by Crippen LogP contribution is -2.56. The first-order valence-electron chi connectivity index (χ1n) is 10.5. The average Bonchev–Trinajstić information content (AvgIpc) is 2.78. The standard InChI is InChI=1S/C26H19F4N2O2/c1-16(2)31-22-11-7-6-10-19(22)24(33)32(25(31)34)23-20(26(28,29)30)14-18(15-21(23)27)13-12-17-8-4-3-5-9-17/h3-11,14-16,19H,1-2H3/q+1. The summed E-state index contributed by atoms with van der Waals surface area (Å²) in [6, 6.07) is 8.44. The molecule has 0 fully saturated rings. The molecule has 1 unspecified atom stereocenters. The molecule has 3 amide bonds. The van der Waals surface area contributed by atoms with E-state index in [-0.39, 0.29) is 5.56 Å². The van der Waals surface area contributed by atoms with Crippen LogP contribution in [-0.4, -0.2) is 28.3 Å². The van der Waals surface area contributed by atoms with E-state index in [0.29, 0.717) is 22.2 Å². The predicted molar refractivity (Wildman–Crippen MR) is 119 cm³/mol. The van der Waals surface area contributed by atoms with Crippen LogP contribution in [0.25, 0.3) is 0 Å². The third-order valence-electron chi connectivity index (χ3n) is 5.40. The summed E-state index contributed by atoms with van der Waals surface area (Å²) < 4.78 is 58.7. The van der Waals surface area contributed by atoms with E-state index in [4.69, 9.17) is 0 Å². The van der Waals surface area contributed by atoms with Crippen molar-refractivity contribution in [1.82, 2.24) is 0 Å². The molecule has 0 saturated carbocycles. The van der Waals surface area contributed by atoms with E-state index in [1.807, 2.05) is 0 Å². The Morgan fingerprint density at radius 3 is 2.32 bits per heavy atom. The molecule has 4 rings (SSSR count). The maximum absolute atomic E-state index is 15.3. The molecule has 0 N–H and O–H groups in total. The highest BCUT2D eigenvalue weighted by atomic mass is 19.4. The molecule has 2 aromatic carbocycles. The zero-order chi connectivity index (χ0) is 24.6. The van der Waals surface area contributed by atoms with Crippen molar-refractivity contribution < 1.29 is 31.7 Å². The number of halogens is 4. The minimum absolute atomic E-state index is 0.234. The van der Waals surface area contributed by atoms with Crippen molar-refractivity contribution in [2.45, 2.75) is 26.1 Å². The maximum atomic E-state index is 15.3. The quantitative estimate of drug-likeness (QED) is 0.341. The fourth-order valence-corrected chi connectivity index (χ4v) is 3.93. The van der Waals surface area contributed by atoms with E-state index < -0.39 is 47.1 Å². The monoisotopic (exact) mass is 467 g/mol. The van der Waals surface area contributed by atoms with Crippen molar-refractivity contribution in [3.8, 4) is 11.8 Å². The summed E-state index contributed by atoms with van der Waals surface area (Å²) in [6.07, 6.45) is 1.16. The summed E-state index contributed by atoms with van der Waals surface area (Å²) in [6.45, 7) is 3.32. The fourth-order valence-electron chi connectivity index (χ4n) is 3.93. The van der Waals surface area contributed by atoms with Gasteiger partial charge < -0.3 is 0 Å². The highest BCUT2D eigenvalue weighted by molar-refractivity contribution is 6.26. The van der Waals surface area contributed by atoms with E-state index in [1.165, 1.54) is 10.7 Å². The minimum Gasteiger partial charge on any atom is -0.245 e. The Hall–Kier alpha value is -3.99. The average molecular weight is 467 g/mol. The number of fused-ring (bicyclic) bond motifs is 1. The largest absolute Gasteiger partial charge is 0.506 e. The molecule has 2 aromatic rings. The molecule has 8 heteroatoms. The van der Waals surface area contributed by atoms with Crippen LogP contribution in [0.3, 0.4) is 0 Å². The second-order valence-corrected chi connectivity index (χ2v) is 8.03. The Labute approximate surface area is 193 Å². The van der Waals surface area contributed by atoms with Gasteiger partial charge in [-0.05, 0) is 44.2 Å². The van der Waals surface area contributed by atoms with Crippen LogP contribution in [-0.2, 0) is 11.0 Å². The van der Waals surface area contributed by atoms with Gasteiger partial charge in [-0.15, -0.1) is 4.90 Å². The van der Waals surface area contributed by atoms with Crippen molar-refractivity contribution in [1.29, 1.82) is 0 Å². The predicted octanol–water partition coefficient (Wildman–Crippen LogP) is 5.32. The van der Waals surface area contributed by atoms with Crippen LogP contribution < -0.4 is 4.90 Å². The van der Waals surface area contributed by atoms with Crippen LogP contribution in [0, 0.1) is 23.6 Å². The number of allylic oxidation sites excluding steroid dienone is 3. The molecule has 172 valence electrons. The lowest BCUT2D eigenvalue weighted by atomic mass is 9.93.